The van der Waals surface area contributed by atoms with Gasteiger partial charge in [0.05, 0.1) is 11.0 Å². The molecule has 4 heteroatoms. The summed E-state index contributed by atoms with van der Waals surface area (Å²) in [6.45, 7) is 0. The predicted octanol–water partition coefficient (Wildman–Crippen LogP) is 14.8. The number of nitrogens with zero attached hydrogens (tertiary/aromatic N) is 2. The van der Waals surface area contributed by atoms with E-state index in [2.05, 4.69) is 179 Å². The summed E-state index contributed by atoms with van der Waals surface area (Å²) in [7, 11) is 0. The number of aromatic nitrogens is 1. The number of para-hydroxylation sites is 3. The highest BCUT2D eigenvalue weighted by Crippen LogP contribution is 2.46. The summed E-state index contributed by atoms with van der Waals surface area (Å²) < 4.78 is 8.81. The van der Waals surface area contributed by atoms with Crippen molar-refractivity contribution in [2.24, 2.45) is 0 Å². The van der Waals surface area contributed by atoms with Crippen molar-refractivity contribution < 1.29 is 4.42 Å². The fourth-order valence-corrected chi connectivity index (χ4v) is 8.67. The second-order valence-electron chi connectivity index (χ2n) is 13.9. The number of hydrogen-bond donors (Lipinski definition) is 0. The molecule has 0 bridgehead atoms. The second-order valence-corrected chi connectivity index (χ2v) is 14.3. The van der Waals surface area contributed by atoms with Gasteiger partial charge in [-0.3, -0.25) is 0 Å². The zero-order valence-electron chi connectivity index (χ0n) is 29.1. The maximum atomic E-state index is 7.13. The van der Waals surface area contributed by atoms with Gasteiger partial charge in [0.25, 0.3) is 0 Å². The molecule has 11 rings (SSSR count). The van der Waals surface area contributed by atoms with Crippen LogP contribution >= 0.6 is 11.6 Å². The topological polar surface area (TPSA) is 21.3 Å². The van der Waals surface area contributed by atoms with Gasteiger partial charge in [0.2, 0.25) is 0 Å². The van der Waals surface area contributed by atoms with Crippen LogP contribution in [0.2, 0.25) is 5.02 Å². The molecule has 0 spiro atoms. The third-order valence-electron chi connectivity index (χ3n) is 10.8. The molecule has 0 N–H and O–H groups in total. The average molecular weight is 711 g/mol. The van der Waals surface area contributed by atoms with Gasteiger partial charge >= 0.3 is 0 Å². The van der Waals surface area contributed by atoms with Crippen molar-refractivity contribution in [2.75, 3.05) is 4.90 Å². The van der Waals surface area contributed by atoms with Crippen LogP contribution in [-0.4, -0.2) is 4.57 Å². The summed E-state index contributed by atoms with van der Waals surface area (Å²) in [5.41, 5.74) is 10.4. The van der Waals surface area contributed by atoms with Gasteiger partial charge in [0.15, 0.2) is 0 Å². The van der Waals surface area contributed by atoms with E-state index in [1.54, 1.807) is 0 Å². The van der Waals surface area contributed by atoms with E-state index >= 15 is 0 Å². The summed E-state index contributed by atoms with van der Waals surface area (Å²) in [6.07, 6.45) is 0. The molecule has 0 radical (unpaired) electrons. The standard InChI is InChI=1S/C50H31ClN2O/c51-34-27-33(28-38(29-34)52(35-14-3-1-4-15-35)37-24-26-42-41-20-11-12-22-47(41)54-48(42)30-37)45-31-46-44-25-23-32-13-7-8-18-39(32)49(44)53(36-16-5-2-6-17-36)50(46)43-21-10-9-19-40(43)45/h1-31H. The first-order chi connectivity index (χ1) is 26.7. The SMILES string of the molecule is Clc1cc(-c2cc3c4ccc5ccccc5c4n(-c4ccccc4)c3c3ccccc23)cc(N(c2ccccc2)c2ccc3c(c2)oc2ccccc23)c1. The van der Waals surface area contributed by atoms with Crippen LogP contribution in [0.5, 0.6) is 0 Å². The summed E-state index contributed by atoms with van der Waals surface area (Å²) in [5.74, 6) is 0. The average Bonchev–Trinajstić information content (AvgIpc) is 3.77. The zero-order valence-corrected chi connectivity index (χ0v) is 29.8. The Bertz CT molecular complexity index is 3230. The summed E-state index contributed by atoms with van der Waals surface area (Å²) in [4.78, 5) is 2.26. The molecule has 0 aliphatic rings. The Morgan fingerprint density at radius 2 is 1.04 bits per heavy atom. The van der Waals surface area contributed by atoms with Crippen LogP contribution in [0.3, 0.4) is 0 Å². The van der Waals surface area contributed by atoms with Crippen LogP contribution in [0.15, 0.2) is 192 Å². The highest BCUT2D eigenvalue weighted by molar-refractivity contribution is 6.31. The van der Waals surface area contributed by atoms with Gasteiger partial charge in [-0.05, 0) is 88.6 Å². The fourth-order valence-electron chi connectivity index (χ4n) is 8.44. The van der Waals surface area contributed by atoms with Crippen molar-refractivity contribution in [2.45, 2.75) is 0 Å². The second kappa shape index (κ2) is 12.1. The van der Waals surface area contributed by atoms with Crippen LogP contribution in [0.4, 0.5) is 17.1 Å². The first kappa shape index (κ1) is 30.8. The number of furan rings is 1. The highest BCUT2D eigenvalue weighted by Gasteiger charge is 2.22. The molecule has 9 aromatic carbocycles. The lowest BCUT2D eigenvalue weighted by molar-refractivity contribution is 0.669. The molecule has 254 valence electrons. The van der Waals surface area contributed by atoms with E-state index in [-0.39, 0.29) is 0 Å². The summed E-state index contributed by atoms with van der Waals surface area (Å²) in [6, 6.07) is 66.6. The van der Waals surface area contributed by atoms with Crippen molar-refractivity contribution in [3.63, 3.8) is 0 Å². The Kier molecular flexibility index (Phi) is 6.91. The molecule has 2 heterocycles. The lowest BCUT2D eigenvalue weighted by Gasteiger charge is -2.26. The van der Waals surface area contributed by atoms with Gasteiger partial charge in [-0.15, -0.1) is 0 Å². The van der Waals surface area contributed by atoms with Crippen LogP contribution in [0.25, 0.3) is 82.1 Å². The predicted molar refractivity (Wildman–Crippen MR) is 228 cm³/mol. The molecule has 0 atom stereocenters. The Labute approximate surface area is 316 Å². The van der Waals surface area contributed by atoms with Crippen LogP contribution < -0.4 is 4.90 Å². The Hall–Kier alpha value is -6.81. The van der Waals surface area contributed by atoms with Gasteiger partial charge in [0, 0.05) is 66.2 Å². The lowest BCUT2D eigenvalue weighted by Crippen LogP contribution is -2.10. The third-order valence-corrected chi connectivity index (χ3v) is 11.0. The maximum absolute atomic E-state index is 7.13. The molecule has 0 amide bonds. The lowest BCUT2D eigenvalue weighted by atomic mass is 9.94. The molecular weight excluding hydrogens is 680 g/mol. The van der Waals surface area contributed by atoms with Crippen LogP contribution in [-0.2, 0) is 0 Å². The highest BCUT2D eigenvalue weighted by atomic mass is 35.5. The zero-order chi connectivity index (χ0) is 35.8. The minimum absolute atomic E-state index is 0.662. The quantitative estimate of drug-likeness (QED) is 0.177. The van der Waals surface area contributed by atoms with Gasteiger partial charge in [0.1, 0.15) is 11.2 Å². The Morgan fingerprint density at radius 1 is 0.407 bits per heavy atom. The van der Waals surface area contributed by atoms with Gasteiger partial charge in [-0.25, -0.2) is 0 Å². The molecule has 2 aromatic heterocycles. The number of rotatable bonds is 5. The third kappa shape index (κ3) is 4.76. The number of benzene rings is 9. The largest absolute Gasteiger partial charge is 0.456 e. The van der Waals surface area contributed by atoms with Crippen molar-refractivity contribution in [1.82, 2.24) is 4.57 Å². The van der Waals surface area contributed by atoms with Gasteiger partial charge < -0.3 is 13.9 Å². The minimum Gasteiger partial charge on any atom is -0.456 e. The normalized spacial score (nSPS) is 11.8. The molecule has 0 unspecified atom stereocenters. The van der Waals surface area contributed by atoms with E-state index in [1.165, 1.54) is 38.0 Å². The molecular formula is C50H31ClN2O. The summed E-state index contributed by atoms with van der Waals surface area (Å²) in [5, 5.41) is 10.1. The van der Waals surface area contributed by atoms with Gasteiger partial charge in [-0.2, -0.15) is 0 Å². The van der Waals surface area contributed by atoms with Gasteiger partial charge in [-0.1, -0.05) is 127 Å². The first-order valence-electron chi connectivity index (χ1n) is 18.2. The molecule has 11 aromatic rings. The van der Waals surface area contributed by atoms with Crippen molar-refractivity contribution in [1.29, 1.82) is 0 Å². The van der Waals surface area contributed by atoms with Crippen LogP contribution in [0, 0.1) is 0 Å². The molecule has 0 aliphatic heterocycles. The number of anilines is 3. The van der Waals surface area contributed by atoms with Crippen LogP contribution in [0.1, 0.15) is 0 Å². The van der Waals surface area contributed by atoms with E-state index in [4.69, 9.17) is 16.0 Å². The minimum atomic E-state index is 0.662. The Morgan fingerprint density at radius 3 is 1.87 bits per heavy atom. The number of fused-ring (bicyclic) bond motifs is 10. The molecule has 54 heavy (non-hydrogen) atoms. The van der Waals surface area contributed by atoms with E-state index in [0.717, 1.165) is 61.2 Å². The van der Waals surface area contributed by atoms with E-state index in [9.17, 15) is 0 Å². The Balaban J connectivity index is 1.18. The van der Waals surface area contributed by atoms with E-state index in [1.807, 2.05) is 18.2 Å². The molecule has 0 saturated carbocycles. The number of halogens is 1. The van der Waals surface area contributed by atoms with E-state index in [0.29, 0.717) is 5.02 Å². The number of hydrogen-bond acceptors (Lipinski definition) is 2. The molecule has 0 saturated heterocycles. The van der Waals surface area contributed by atoms with E-state index < -0.39 is 0 Å². The molecule has 0 fully saturated rings. The van der Waals surface area contributed by atoms with Crippen molar-refractivity contribution in [3.05, 3.63) is 193 Å². The fraction of sp³-hybridized carbons (Fsp3) is 0. The summed E-state index contributed by atoms with van der Waals surface area (Å²) >= 11 is 7.13. The first-order valence-corrected chi connectivity index (χ1v) is 18.6. The monoisotopic (exact) mass is 710 g/mol. The van der Waals surface area contributed by atoms with Crippen molar-refractivity contribution >= 4 is 94.0 Å². The van der Waals surface area contributed by atoms with Crippen molar-refractivity contribution in [3.8, 4) is 16.8 Å². The maximum Gasteiger partial charge on any atom is 0.137 e. The smallest absolute Gasteiger partial charge is 0.137 e. The molecule has 3 nitrogen and oxygen atoms in total. The molecule has 0 aliphatic carbocycles.